The second-order valence-electron chi connectivity index (χ2n) is 6.72. The zero-order valence-corrected chi connectivity index (χ0v) is 12.0. The molecular weight excluding hydrogens is 212 g/mol. The minimum atomic E-state index is 0.0932. The number of hydrogen-bond acceptors (Lipinski definition) is 2. The molecule has 1 rings (SSSR count). The molecule has 1 saturated carbocycles. The van der Waals surface area contributed by atoms with Crippen LogP contribution >= 0.6 is 0 Å². The van der Waals surface area contributed by atoms with Gasteiger partial charge in [0.25, 0.3) is 0 Å². The lowest BCUT2D eigenvalue weighted by Crippen LogP contribution is -2.39. The summed E-state index contributed by atoms with van der Waals surface area (Å²) in [4.78, 5) is 11.7. The number of carbonyl (C=O) groups is 1. The lowest BCUT2D eigenvalue weighted by atomic mass is 9.92. The molecule has 0 aliphatic heterocycles. The van der Waals surface area contributed by atoms with Crippen molar-refractivity contribution in [1.29, 1.82) is 0 Å². The molecule has 1 aliphatic rings. The van der Waals surface area contributed by atoms with Crippen molar-refractivity contribution < 1.29 is 4.79 Å². The van der Waals surface area contributed by atoms with Gasteiger partial charge in [-0.1, -0.05) is 13.8 Å². The number of hydrogen-bond donors (Lipinski definition) is 2. The Labute approximate surface area is 106 Å². The molecule has 1 amide bonds. The molecule has 1 aliphatic carbocycles. The molecule has 0 spiro atoms. The van der Waals surface area contributed by atoms with Crippen molar-refractivity contribution in [3.63, 3.8) is 0 Å². The number of rotatable bonds is 6. The molecule has 2 N–H and O–H groups in total. The monoisotopic (exact) mass is 240 g/mol. The third-order valence-corrected chi connectivity index (χ3v) is 3.76. The lowest BCUT2D eigenvalue weighted by Gasteiger charge is -2.22. The highest BCUT2D eigenvalue weighted by molar-refractivity contribution is 5.76. The molecule has 3 nitrogen and oxygen atoms in total. The molecule has 1 fully saturated rings. The Bertz CT molecular complexity index is 262. The molecule has 0 atom stereocenters. The zero-order valence-electron chi connectivity index (χ0n) is 12.0. The van der Waals surface area contributed by atoms with Gasteiger partial charge < -0.3 is 10.6 Å². The summed E-state index contributed by atoms with van der Waals surface area (Å²) in [6, 6.07) is 0. The smallest absolute Gasteiger partial charge is 0.221 e. The second-order valence-corrected chi connectivity index (χ2v) is 6.72. The fraction of sp³-hybridized carbons (Fsp3) is 0.929. The van der Waals surface area contributed by atoms with E-state index in [0.717, 1.165) is 13.1 Å². The van der Waals surface area contributed by atoms with Crippen molar-refractivity contribution in [3.8, 4) is 0 Å². The van der Waals surface area contributed by atoms with E-state index in [9.17, 15) is 4.79 Å². The molecule has 0 aromatic rings. The Morgan fingerprint density at radius 2 is 1.88 bits per heavy atom. The first kappa shape index (κ1) is 14.5. The molecule has 0 heterocycles. The van der Waals surface area contributed by atoms with Crippen LogP contribution in [0.1, 0.15) is 53.9 Å². The van der Waals surface area contributed by atoms with Gasteiger partial charge in [-0.3, -0.25) is 4.79 Å². The maximum Gasteiger partial charge on any atom is 0.221 e. The SMILES string of the molecule is CC(C)C1(CNC(=O)CCNC(C)(C)C)CC1. The molecule has 0 aromatic heterocycles. The molecular formula is C14H28N2O. The molecule has 0 aromatic carbocycles. The van der Waals surface area contributed by atoms with Gasteiger partial charge in [-0.25, -0.2) is 0 Å². The summed E-state index contributed by atoms with van der Waals surface area (Å²) < 4.78 is 0. The number of carbonyl (C=O) groups excluding carboxylic acids is 1. The number of amides is 1. The van der Waals surface area contributed by atoms with Crippen LogP contribution in [0.2, 0.25) is 0 Å². The van der Waals surface area contributed by atoms with E-state index in [-0.39, 0.29) is 11.4 Å². The normalized spacial score (nSPS) is 18.2. The topological polar surface area (TPSA) is 41.1 Å². The van der Waals surface area contributed by atoms with Crippen molar-refractivity contribution in [2.75, 3.05) is 13.1 Å². The highest BCUT2D eigenvalue weighted by Gasteiger charge is 2.45. The summed E-state index contributed by atoms with van der Waals surface area (Å²) in [6.45, 7) is 12.5. The third kappa shape index (κ3) is 5.07. The quantitative estimate of drug-likeness (QED) is 0.748. The van der Waals surface area contributed by atoms with Crippen LogP contribution in [0.4, 0.5) is 0 Å². The summed E-state index contributed by atoms with van der Waals surface area (Å²) in [5.41, 5.74) is 0.503. The maximum atomic E-state index is 11.7. The molecule has 0 radical (unpaired) electrons. The summed E-state index contributed by atoms with van der Waals surface area (Å²) in [5, 5.41) is 6.40. The van der Waals surface area contributed by atoms with Crippen molar-refractivity contribution in [2.45, 2.75) is 59.4 Å². The molecule has 0 bridgehead atoms. The highest BCUT2D eigenvalue weighted by Crippen LogP contribution is 2.51. The molecule has 0 unspecified atom stereocenters. The summed E-state index contributed by atoms with van der Waals surface area (Å²) in [7, 11) is 0. The summed E-state index contributed by atoms with van der Waals surface area (Å²) >= 11 is 0. The largest absolute Gasteiger partial charge is 0.355 e. The molecule has 3 heteroatoms. The Morgan fingerprint density at radius 3 is 2.29 bits per heavy atom. The Balaban J connectivity index is 2.14. The van der Waals surface area contributed by atoms with Gasteiger partial charge in [-0.05, 0) is 44.9 Å². The zero-order chi connectivity index (χ0) is 13.1. The van der Waals surface area contributed by atoms with Gasteiger partial charge >= 0.3 is 0 Å². The predicted octanol–water partition coefficient (Wildman–Crippen LogP) is 2.32. The maximum absolute atomic E-state index is 11.7. The van der Waals surface area contributed by atoms with Crippen molar-refractivity contribution >= 4 is 5.91 Å². The fourth-order valence-corrected chi connectivity index (χ4v) is 2.03. The Hall–Kier alpha value is -0.570. The minimum absolute atomic E-state index is 0.0932. The Kier molecular flexibility index (Phi) is 4.59. The van der Waals surface area contributed by atoms with Crippen molar-refractivity contribution in [2.24, 2.45) is 11.3 Å². The van der Waals surface area contributed by atoms with Crippen LogP contribution in [0.3, 0.4) is 0 Å². The van der Waals surface area contributed by atoms with Gasteiger partial charge in [0.15, 0.2) is 0 Å². The van der Waals surface area contributed by atoms with E-state index in [4.69, 9.17) is 0 Å². The van der Waals surface area contributed by atoms with Crippen molar-refractivity contribution in [1.82, 2.24) is 10.6 Å². The Morgan fingerprint density at radius 1 is 1.29 bits per heavy atom. The van der Waals surface area contributed by atoms with Crippen LogP contribution in [0.15, 0.2) is 0 Å². The van der Waals surface area contributed by atoms with Crippen LogP contribution < -0.4 is 10.6 Å². The number of nitrogens with one attached hydrogen (secondary N) is 2. The first-order chi connectivity index (χ1) is 7.75. The summed E-state index contributed by atoms with van der Waals surface area (Å²) in [6.07, 6.45) is 3.11. The molecule has 0 saturated heterocycles. The standard InChI is InChI=1S/C14H28N2O/c1-11(2)14(7-8-14)10-15-12(17)6-9-16-13(3,4)5/h11,16H,6-10H2,1-5H3,(H,15,17). The van der Waals surface area contributed by atoms with Gasteiger partial charge in [0.1, 0.15) is 0 Å². The minimum Gasteiger partial charge on any atom is -0.355 e. The van der Waals surface area contributed by atoms with E-state index >= 15 is 0 Å². The molecule has 100 valence electrons. The van der Waals surface area contributed by atoms with E-state index in [2.05, 4.69) is 45.3 Å². The van der Waals surface area contributed by atoms with Crippen LogP contribution in [-0.4, -0.2) is 24.5 Å². The summed E-state index contributed by atoms with van der Waals surface area (Å²) in [5.74, 6) is 0.851. The van der Waals surface area contributed by atoms with Gasteiger partial charge in [-0.2, -0.15) is 0 Å². The van der Waals surface area contributed by atoms with Gasteiger partial charge in [0, 0.05) is 25.0 Å². The lowest BCUT2D eigenvalue weighted by molar-refractivity contribution is -0.121. The van der Waals surface area contributed by atoms with Crippen molar-refractivity contribution in [3.05, 3.63) is 0 Å². The van der Waals surface area contributed by atoms with Crippen LogP contribution in [0.5, 0.6) is 0 Å². The van der Waals surface area contributed by atoms with Crippen LogP contribution in [-0.2, 0) is 4.79 Å². The fourth-order valence-electron chi connectivity index (χ4n) is 2.03. The van der Waals surface area contributed by atoms with Gasteiger partial charge in [0.2, 0.25) is 5.91 Å². The van der Waals surface area contributed by atoms with E-state index in [1.165, 1.54) is 12.8 Å². The van der Waals surface area contributed by atoms with E-state index in [1.54, 1.807) is 0 Å². The first-order valence-corrected chi connectivity index (χ1v) is 6.77. The van der Waals surface area contributed by atoms with Gasteiger partial charge in [-0.15, -0.1) is 0 Å². The van der Waals surface area contributed by atoms with Gasteiger partial charge in [0.05, 0.1) is 0 Å². The average Bonchev–Trinajstić information content (AvgIpc) is 2.93. The molecule has 17 heavy (non-hydrogen) atoms. The van der Waals surface area contributed by atoms with Crippen LogP contribution in [0, 0.1) is 11.3 Å². The average molecular weight is 240 g/mol. The van der Waals surface area contributed by atoms with Crippen LogP contribution in [0.25, 0.3) is 0 Å². The second kappa shape index (κ2) is 5.38. The van der Waals surface area contributed by atoms with E-state index < -0.39 is 0 Å². The van der Waals surface area contributed by atoms with E-state index in [0.29, 0.717) is 17.8 Å². The van der Waals surface area contributed by atoms with E-state index in [1.807, 2.05) is 0 Å². The highest BCUT2D eigenvalue weighted by atomic mass is 16.1. The third-order valence-electron chi connectivity index (χ3n) is 3.76. The first-order valence-electron chi connectivity index (χ1n) is 6.77. The predicted molar refractivity (Wildman–Crippen MR) is 71.9 cm³/mol.